The van der Waals surface area contributed by atoms with Crippen molar-refractivity contribution in [2.45, 2.75) is 0 Å². The largest absolute Gasteiger partial charge is 0.364 e. The molecule has 0 aromatic carbocycles. The summed E-state index contributed by atoms with van der Waals surface area (Å²) >= 11 is 0. The van der Waals surface area contributed by atoms with Crippen molar-refractivity contribution in [2.24, 2.45) is 10.1 Å². The molecule has 0 saturated carbocycles. The second-order valence-corrected chi connectivity index (χ2v) is 3.32. The first kappa shape index (κ1) is 12.6. The summed E-state index contributed by atoms with van der Waals surface area (Å²) in [5.41, 5.74) is 4.13. The van der Waals surface area contributed by atoms with Crippen LogP contribution in [0.1, 0.15) is 20.8 Å². The molecule has 0 aliphatic carbocycles. The number of hydrogen-bond donors (Lipinski definition) is 1. The monoisotopic (exact) mass is 255 g/mol. The van der Waals surface area contributed by atoms with Gasteiger partial charge in [0, 0.05) is 6.20 Å². The molecule has 1 aromatic rings. The Morgan fingerprint density at radius 3 is 2.47 bits per heavy atom. The number of nitrogens with zero attached hydrogens (tertiary/aromatic N) is 2. The van der Waals surface area contributed by atoms with Crippen molar-refractivity contribution in [1.82, 2.24) is 4.98 Å². The number of ketones is 1. The van der Waals surface area contributed by atoms with Gasteiger partial charge in [0.15, 0.2) is 0 Å². The summed E-state index contributed by atoms with van der Waals surface area (Å²) in [5.74, 6) is -3.80. The number of aromatic nitrogens is 1. The van der Waals surface area contributed by atoms with Crippen molar-refractivity contribution in [1.29, 1.82) is 0 Å². The highest BCUT2D eigenvalue weighted by Gasteiger charge is 2.22. The maximum absolute atomic E-state index is 11.4. The third-order valence-electron chi connectivity index (χ3n) is 1.64. The lowest BCUT2D eigenvalue weighted by molar-refractivity contribution is -0.113. The molecule has 1 rings (SSSR count). The number of carbonyl (C=O) groups excluding carboxylic acids is 3. The first-order valence-corrected chi connectivity index (χ1v) is 5.11. The van der Waals surface area contributed by atoms with Crippen LogP contribution >= 0.6 is 0 Å². The van der Waals surface area contributed by atoms with Gasteiger partial charge in [-0.05, 0) is 12.1 Å². The number of Topliss-reactive ketones (excluding diaryl/α,β-unsaturated/α-hetero) is 1. The summed E-state index contributed by atoms with van der Waals surface area (Å²) in [6.45, 7) is 0. The van der Waals surface area contributed by atoms with Crippen molar-refractivity contribution in [2.75, 3.05) is 0 Å². The summed E-state index contributed by atoms with van der Waals surface area (Å²) in [5, 5.41) is 0. The van der Waals surface area contributed by atoms with E-state index < -0.39 is 33.8 Å². The first-order valence-electron chi connectivity index (χ1n) is 4.08. The van der Waals surface area contributed by atoms with E-state index in [1.807, 2.05) is 0 Å². The molecule has 8 nitrogen and oxygen atoms in total. The molecule has 88 valence electrons. The Labute approximate surface area is 96.2 Å². The van der Waals surface area contributed by atoms with Crippen molar-refractivity contribution in [3.05, 3.63) is 29.6 Å². The molecule has 0 aliphatic rings. The van der Waals surface area contributed by atoms with E-state index in [0.717, 1.165) is 6.07 Å². The van der Waals surface area contributed by atoms with E-state index in [1.165, 1.54) is 12.3 Å². The van der Waals surface area contributed by atoms with E-state index in [9.17, 15) is 22.8 Å². The Kier molecular flexibility index (Phi) is 3.78. The Morgan fingerprint density at radius 2 is 1.94 bits per heavy atom. The van der Waals surface area contributed by atoms with Gasteiger partial charge in [-0.25, -0.2) is 0 Å². The smallest absolute Gasteiger partial charge is 0.332 e. The lowest BCUT2D eigenvalue weighted by Gasteiger charge is -2.00. The third-order valence-corrected chi connectivity index (χ3v) is 1.95. The number of amides is 2. The zero-order valence-corrected chi connectivity index (χ0v) is 8.97. The van der Waals surface area contributed by atoms with Gasteiger partial charge in [0.25, 0.3) is 11.7 Å². The molecule has 17 heavy (non-hydrogen) atoms. The van der Waals surface area contributed by atoms with Gasteiger partial charge < -0.3 is 5.73 Å². The quantitative estimate of drug-likeness (QED) is 0.540. The Bertz CT molecular complexity index is 626. The van der Waals surface area contributed by atoms with Crippen molar-refractivity contribution >= 4 is 28.1 Å². The summed E-state index contributed by atoms with van der Waals surface area (Å²) in [6, 6.07) is 2.41. The van der Waals surface area contributed by atoms with Crippen LogP contribution in [0.15, 0.2) is 22.7 Å². The fourth-order valence-electron chi connectivity index (χ4n) is 1.01. The number of nitrogens with two attached hydrogens (primary N) is 1. The second-order valence-electron chi connectivity index (χ2n) is 2.71. The molecule has 0 unspecified atom stereocenters. The molecule has 1 heterocycles. The predicted octanol–water partition coefficient (Wildman–Crippen LogP) is -1.05. The molecule has 9 heteroatoms. The van der Waals surface area contributed by atoms with Gasteiger partial charge in [0.2, 0.25) is 0 Å². The summed E-state index contributed by atoms with van der Waals surface area (Å²) < 4.78 is 22.7. The lowest BCUT2D eigenvalue weighted by Crippen LogP contribution is -2.21. The minimum Gasteiger partial charge on any atom is -0.364 e. The van der Waals surface area contributed by atoms with Crippen molar-refractivity contribution in [3.8, 4) is 0 Å². The van der Waals surface area contributed by atoms with E-state index in [1.54, 1.807) is 0 Å². The highest BCUT2D eigenvalue weighted by atomic mass is 32.2. The van der Waals surface area contributed by atoms with Crippen LogP contribution in [0.25, 0.3) is 0 Å². The van der Waals surface area contributed by atoms with Crippen LogP contribution in [0.4, 0.5) is 0 Å². The van der Waals surface area contributed by atoms with E-state index in [-0.39, 0.29) is 5.56 Å². The number of rotatable bonds is 3. The number of carbonyl (C=O) groups is 3. The second kappa shape index (κ2) is 5.07. The van der Waals surface area contributed by atoms with Crippen LogP contribution in [0.2, 0.25) is 0 Å². The maximum Gasteiger partial charge on any atom is 0.332 e. The van der Waals surface area contributed by atoms with E-state index in [2.05, 4.69) is 9.35 Å². The normalized spacial score (nSPS) is 9.41. The first-order chi connectivity index (χ1) is 7.93. The van der Waals surface area contributed by atoms with Crippen LogP contribution < -0.4 is 5.73 Å². The molecule has 2 N–H and O–H groups in total. The lowest BCUT2D eigenvalue weighted by atomic mass is 10.1. The molecule has 1 aromatic heterocycles. The highest BCUT2D eigenvalue weighted by Crippen LogP contribution is 2.06. The average Bonchev–Trinajstić information content (AvgIpc) is 2.27. The molecular formula is C8H5N3O5S. The molecule has 0 fully saturated rings. The average molecular weight is 255 g/mol. The fourth-order valence-corrected chi connectivity index (χ4v) is 1.23. The van der Waals surface area contributed by atoms with Crippen LogP contribution in [-0.4, -0.2) is 31.0 Å². The number of hydrogen-bond acceptors (Lipinski definition) is 6. The molecule has 0 spiro atoms. The van der Waals surface area contributed by atoms with E-state index in [0.29, 0.717) is 0 Å². The molecule has 0 radical (unpaired) electrons. The molecule has 2 amide bonds. The highest BCUT2D eigenvalue weighted by molar-refractivity contribution is 7.62. The molecular weight excluding hydrogens is 250 g/mol. The molecule has 0 atom stereocenters. The molecule has 0 aliphatic heterocycles. The predicted molar refractivity (Wildman–Crippen MR) is 53.4 cm³/mol. The van der Waals surface area contributed by atoms with Crippen molar-refractivity contribution in [3.63, 3.8) is 0 Å². The number of pyridine rings is 1. The Balaban J connectivity index is 3.26. The van der Waals surface area contributed by atoms with Gasteiger partial charge in [-0.1, -0.05) is 4.36 Å². The van der Waals surface area contributed by atoms with Crippen LogP contribution in [-0.2, 0) is 15.3 Å². The number of primary amides is 1. The zero-order chi connectivity index (χ0) is 13.0. The Morgan fingerprint density at radius 1 is 1.29 bits per heavy atom. The minimum absolute atomic E-state index is 0.390. The van der Waals surface area contributed by atoms with Crippen molar-refractivity contribution < 1.29 is 22.8 Å². The summed E-state index contributed by atoms with van der Waals surface area (Å²) in [4.78, 5) is 36.9. The maximum atomic E-state index is 11.4. The molecule has 0 bridgehead atoms. The molecule has 0 saturated heterocycles. The van der Waals surface area contributed by atoms with E-state index >= 15 is 0 Å². The Hall–Kier alpha value is -2.42. The van der Waals surface area contributed by atoms with Gasteiger partial charge >= 0.3 is 16.4 Å². The van der Waals surface area contributed by atoms with Crippen LogP contribution in [0, 0.1) is 0 Å². The SMILES string of the molecule is NC(=O)c1ncccc1C(=O)C(=O)N=S(=O)=O. The van der Waals surface area contributed by atoms with Gasteiger partial charge in [-0.3, -0.25) is 19.4 Å². The zero-order valence-electron chi connectivity index (χ0n) is 8.15. The van der Waals surface area contributed by atoms with Crippen LogP contribution in [0.3, 0.4) is 0 Å². The topological polar surface area (TPSA) is 137 Å². The minimum atomic E-state index is -3.04. The van der Waals surface area contributed by atoms with E-state index in [4.69, 9.17) is 5.73 Å². The van der Waals surface area contributed by atoms with Crippen LogP contribution in [0.5, 0.6) is 0 Å². The summed E-state index contributed by atoms with van der Waals surface area (Å²) in [7, 11) is -3.04. The van der Waals surface area contributed by atoms with Gasteiger partial charge in [-0.15, -0.1) is 0 Å². The third kappa shape index (κ3) is 3.01. The van der Waals surface area contributed by atoms with Gasteiger partial charge in [-0.2, -0.15) is 8.42 Å². The van der Waals surface area contributed by atoms with Gasteiger partial charge in [0.05, 0.1) is 5.56 Å². The summed E-state index contributed by atoms with van der Waals surface area (Å²) in [6.07, 6.45) is 1.20. The standard InChI is InChI=1S/C8H5N3O5S/c9-7(13)5-4(2-1-3-10-5)6(12)8(14)11-17(15)16/h1-3H,(H2,9,13). The van der Waals surface area contributed by atoms with Gasteiger partial charge in [0.1, 0.15) is 5.69 Å². The fraction of sp³-hybridized carbons (Fsp3) is 0.